The van der Waals surface area contributed by atoms with Gasteiger partial charge in [-0.05, 0) is 18.2 Å². The maximum atomic E-state index is 8.80. The molecule has 0 fully saturated rings. The Morgan fingerprint density at radius 3 is 2.81 bits per heavy atom. The third kappa shape index (κ3) is 1.75. The lowest BCUT2D eigenvalue weighted by molar-refractivity contribution is 0.416. The number of aromatic nitrogens is 2. The third-order valence-electron chi connectivity index (χ3n) is 2.35. The summed E-state index contributed by atoms with van der Waals surface area (Å²) in [7, 11) is 3.45. The minimum Gasteiger partial charge on any atom is -0.496 e. The second-order valence-electron chi connectivity index (χ2n) is 3.43. The maximum Gasteiger partial charge on any atom is 0.128 e. The topological polar surface area (TPSA) is 50.8 Å². The predicted molar refractivity (Wildman–Crippen MR) is 59.9 cm³/mol. The van der Waals surface area contributed by atoms with Gasteiger partial charge in [-0.1, -0.05) is 0 Å². The largest absolute Gasteiger partial charge is 0.496 e. The molecule has 0 bridgehead atoms. The minimum absolute atomic E-state index is 0.587. The molecule has 16 heavy (non-hydrogen) atoms. The Morgan fingerprint density at radius 2 is 2.25 bits per heavy atom. The number of nitriles is 1. The number of hydrogen-bond acceptors (Lipinski definition) is 3. The van der Waals surface area contributed by atoms with Crippen molar-refractivity contribution in [1.29, 1.82) is 5.26 Å². The highest BCUT2D eigenvalue weighted by Gasteiger charge is 2.08. The summed E-state index contributed by atoms with van der Waals surface area (Å²) in [6, 6.07) is 7.45. The van der Waals surface area contributed by atoms with Crippen molar-refractivity contribution in [3.8, 4) is 22.9 Å². The molecule has 0 saturated heterocycles. The molecule has 0 spiro atoms. The number of nitrogens with zero attached hydrogens (tertiary/aromatic N) is 3. The van der Waals surface area contributed by atoms with Crippen LogP contribution in [0.5, 0.6) is 5.75 Å². The van der Waals surface area contributed by atoms with Crippen LogP contribution in [-0.4, -0.2) is 16.9 Å². The molecule has 0 unspecified atom stereocenters. The van der Waals surface area contributed by atoms with Gasteiger partial charge < -0.3 is 4.74 Å². The van der Waals surface area contributed by atoms with E-state index < -0.39 is 0 Å². The van der Waals surface area contributed by atoms with Gasteiger partial charge in [0.2, 0.25) is 0 Å². The van der Waals surface area contributed by atoms with Gasteiger partial charge in [0, 0.05) is 24.4 Å². The highest BCUT2D eigenvalue weighted by atomic mass is 16.5. The van der Waals surface area contributed by atoms with Crippen molar-refractivity contribution in [2.24, 2.45) is 7.05 Å². The van der Waals surface area contributed by atoms with E-state index >= 15 is 0 Å². The number of benzene rings is 1. The standard InChI is InChI=1S/C12H11N3O/c1-15-8-10(7-14-15)11-4-3-9(6-13)5-12(11)16-2/h3-5,7-8H,1-2H3. The zero-order chi connectivity index (χ0) is 11.5. The molecule has 0 N–H and O–H groups in total. The van der Waals surface area contributed by atoms with Gasteiger partial charge in [0.15, 0.2) is 0 Å². The molecule has 2 aromatic rings. The van der Waals surface area contributed by atoms with Crippen LogP contribution in [0.1, 0.15) is 5.56 Å². The van der Waals surface area contributed by atoms with E-state index in [2.05, 4.69) is 11.2 Å². The van der Waals surface area contributed by atoms with Crippen LogP contribution in [0.4, 0.5) is 0 Å². The lowest BCUT2D eigenvalue weighted by Crippen LogP contribution is -1.88. The Morgan fingerprint density at radius 1 is 1.44 bits per heavy atom. The van der Waals surface area contributed by atoms with Crippen molar-refractivity contribution < 1.29 is 4.74 Å². The molecule has 0 radical (unpaired) electrons. The number of rotatable bonds is 2. The molecule has 1 aromatic carbocycles. The van der Waals surface area contributed by atoms with Gasteiger partial charge in [-0.25, -0.2) is 0 Å². The Balaban J connectivity index is 2.53. The molecule has 80 valence electrons. The summed E-state index contributed by atoms with van der Waals surface area (Å²) in [4.78, 5) is 0. The van der Waals surface area contributed by atoms with Crippen LogP contribution in [0.25, 0.3) is 11.1 Å². The molecule has 2 rings (SSSR count). The molecule has 0 aliphatic carbocycles. The summed E-state index contributed by atoms with van der Waals surface area (Å²) in [5, 5.41) is 12.9. The first kappa shape index (κ1) is 10.2. The molecule has 1 heterocycles. The minimum atomic E-state index is 0.587. The Labute approximate surface area is 93.7 Å². The highest BCUT2D eigenvalue weighted by molar-refractivity contribution is 5.70. The molecule has 1 aromatic heterocycles. The van der Waals surface area contributed by atoms with Gasteiger partial charge in [-0.15, -0.1) is 0 Å². The summed E-state index contributed by atoms with van der Waals surface area (Å²) in [6.07, 6.45) is 3.67. The van der Waals surface area contributed by atoms with E-state index in [1.54, 1.807) is 30.1 Å². The summed E-state index contributed by atoms with van der Waals surface area (Å²) in [5.74, 6) is 0.687. The number of hydrogen-bond donors (Lipinski definition) is 0. The Kier molecular flexibility index (Phi) is 2.61. The van der Waals surface area contributed by atoms with Crippen LogP contribution in [-0.2, 0) is 7.05 Å². The quantitative estimate of drug-likeness (QED) is 0.766. The van der Waals surface area contributed by atoms with Gasteiger partial charge in [0.05, 0.1) is 24.9 Å². The smallest absolute Gasteiger partial charge is 0.128 e. The fourth-order valence-electron chi connectivity index (χ4n) is 1.56. The zero-order valence-electron chi connectivity index (χ0n) is 9.14. The van der Waals surface area contributed by atoms with Crippen LogP contribution in [0, 0.1) is 11.3 Å². The first-order chi connectivity index (χ1) is 7.74. The Hall–Kier alpha value is -2.28. The first-order valence-corrected chi connectivity index (χ1v) is 4.81. The number of aryl methyl sites for hydroxylation is 1. The van der Waals surface area contributed by atoms with Crippen molar-refractivity contribution in [2.45, 2.75) is 0 Å². The first-order valence-electron chi connectivity index (χ1n) is 4.81. The molecule has 0 saturated carbocycles. The van der Waals surface area contributed by atoms with E-state index in [9.17, 15) is 0 Å². The molecular formula is C12H11N3O. The van der Waals surface area contributed by atoms with Crippen LogP contribution in [0.2, 0.25) is 0 Å². The lowest BCUT2D eigenvalue weighted by Gasteiger charge is -2.06. The van der Waals surface area contributed by atoms with Crippen molar-refractivity contribution in [1.82, 2.24) is 9.78 Å². The van der Waals surface area contributed by atoms with E-state index in [1.165, 1.54) is 0 Å². The van der Waals surface area contributed by atoms with Gasteiger partial charge in [-0.2, -0.15) is 10.4 Å². The second kappa shape index (κ2) is 4.07. The third-order valence-corrected chi connectivity index (χ3v) is 2.35. The van der Waals surface area contributed by atoms with E-state index in [4.69, 9.17) is 10.00 Å². The molecule has 0 aliphatic heterocycles. The monoisotopic (exact) mass is 213 g/mol. The lowest BCUT2D eigenvalue weighted by atomic mass is 10.1. The molecule has 0 aliphatic rings. The SMILES string of the molecule is COc1cc(C#N)ccc1-c1cnn(C)c1. The van der Waals surface area contributed by atoms with Gasteiger partial charge >= 0.3 is 0 Å². The molecule has 4 heteroatoms. The summed E-state index contributed by atoms with van der Waals surface area (Å²) >= 11 is 0. The summed E-state index contributed by atoms with van der Waals surface area (Å²) in [6.45, 7) is 0. The number of methoxy groups -OCH3 is 1. The van der Waals surface area contributed by atoms with Crippen LogP contribution >= 0.6 is 0 Å². The van der Waals surface area contributed by atoms with Gasteiger partial charge in [-0.3, -0.25) is 4.68 Å². The van der Waals surface area contributed by atoms with Crippen LogP contribution in [0.15, 0.2) is 30.6 Å². The zero-order valence-corrected chi connectivity index (χ0v) is 9.14. The van der Waals surface area contributed by atoms with Crippen LogP contribution in [0.3, 0.4) is 0 Å². The molecule has 4 nitrogen and oxygen atoms in total. The van der Waals surface area contributed by atoms with E-state index in [-0.39, 0.29) is 0 Å². The fourth-order valence-corrected chi connectivity index (χ4v) is 1.56. The van der Waals surface area contributed by atoms with Crippen molar-refractivity contribution in [3.63, 3.8) is 0 Å². The van der Waals surface area contributed by atoms with Crippen molar-refractivity contribution in [3.05, 3.63) is 36.2 Å². The van der Waals surface area contributed by atoms with Crippen molar-refractivity contribution >= 4 is 0 Å². The summed E-state index contributed by atoms with van der Waals surface area (Å²) in [5.41, 5.74) is 2.50. The highest BCUT2D eigenvalue weighted by Crippen LogP contribution is 2.30. The van der Waals surface area contributed by atoms with E-state index in [1.807, 2.05) is 19.3 Å². The Bertz CT molecular complexity index is 552. The molecule has 0 atom stereocenters. The molecular weight excluding hydrogens is 202 g/mol. The molecule has 0 amide bonds. The average Bonchev–Trinajstić information content (AvgIpc) is 2.74. The van der Waals surface area contributed by atoms with Crippen LogP contribution < -0.4 is 4.74 Å². The van der Waals surface area contributed by atoms with Crippen molar-refractivity contribution in [2.75, 3.05) is 7.11 Å². The number of ether oxygens (including phenoxy) is 1. The average molecular weight is 213 g/mol. The maximum absolute atomic E-state index is 8.80. The second-order valence-corrected chi connectivity index (χ2v) is 3.43. The predicted octanol–water partition coefficient (Wildman–Crippen LogP) is 1.97. The normalized spacial score (nSPS) is 9.81. The summed E-state index contributed by atoms with van der Waals surface area (Å²) < 4.78 is 6.99. The van der Waals surface area contributed by atoms with E-state index in [0.29, 0.717) is 11.3 Å². The van der Waals surface area contributed by atoms with Gasteiger partial charge in [0.1, 0.15) is 5.75 Å². The fraction of sp³-hybridized carbons (Fsp3) is 0.167. The van der Waals surface area contributed by atoms with Gasteiger partial charge in [0.25, 0.3) is 0 Å². The van der Waals surface area contributed by atoms with E-state index in [0.717, 1.165) is 11.1 Å².